The molecule has 4 aromatic rings. The number of hydrogen-bond donors (Lipinski definition) is 1. The average molecular weight is 461 g/mol. The summed E-state index contributed by atoms with van der Waals surface area (Å²) in [4.78, 5) is 0. The molecule has 0 aliphatic rings. The minimum absolute atomic E-state index is 0.0778. The molecule has 0 spiro atoms. The third-order valence-electron chi connectivity index (χ3n) is 4.76. The quantitative estimate of drug-likeness (QED) is 0.313. The van der Waals surface area contributed by atoms with E-state index in [1.165, 1.54) is 6.07 Å². The molecule has 0 unspecified atom stereocenters. The Morgan fingerprint density at radius 1 is 0.800 bits per heavy atom. The molecule has 152 valence electrons. The van der Waals surface area contributed by atoms with Crippen molar-refractivity contribution in [1.29, 1.82) is 0 Å². The van der Waals surface area contributed by atoms with E-state index in [0.717, 1.165) is 33.3 Å². The van der Waals surface area contributed by atoms with Crippen molar-refractivity contribution in [3.8, 4) is 5.75 Å². The summed E-state index contributed by atoms with van der Waals surface area (Å²) in [7, 11) is 0. The van der Waals surface area contributed by atoms with Crippen molar-refractivity contribution in [3.05, 3.63) is 105 Å². The highest BCUT2D eigenvalue weighted by atomic mass is 35.5. The predicted octanol–water partition coefficient (Wildman–Crippen LogP) is 8.13. The second kappa shape index (κ2) is 9.13. The lowest BCUT2D eigenvalue weighted by Crippen LogP contribution is -2.05. The molecular weight excluding hydrogens is 444 g/mol. The van der Waals surface area contributed by atoms with Gasteiger partial charge in [-0.3, -0.25) is 0 Å². The summed E-state index contributed by atoms with van der Waals surface area (Å²) < 4.78 is 19.6. The van der Waals surface area contributed by atoms with Crippen LogP contribution in [0.2, 0.25) is 15.1 Å². The van der Waals surface area contributed by atoms with E-state index in [-0.39, 0.29) is 5.02 Å². The summed E-state index contributed by atoms with van der Waals surface area (Å²) in [6.07, 6.45) is 0. The lowest BCUT2D eigenvalue weighted by atomic mass is 10.0. The van der Waals surface area contributed by atoms with Gasteiger partial charge < -0.3 is 10.1 Å². The maximum Gasteiger partial charge on any atom is 0.141 e. The number of halogens is 4. The fourth-order valence-corrected chi connectivity index (χ4v) is 3.72. The largest absolute Gasteiger partial charge is 0.489 e. The number of benzene rings is 4. The zero-order valence-corrected chi connectivity index (χ0v) is 18.0. The smallest absolute Gasteiger partial charge is 0.141 e. The van der Waals surface area contributed by atoms with Crippen LogP contribution in [0.5, 0.6) is 5.75 Å². The molecule has 0 aliphatic heterocycles. The molecule has 0 bridgehead atoms. The van der Waals surface area contributed by atoms with Crippen LogP contribution in [0.1, 0.15) is 11.1 Å². The topological polar surface area (TPSA) is 21.3 Å². The predicted molar refractivity (Wildman–Crippen MR) is 123 cm³/mol. The molecule has 0 saturated carbocycles. The highest BCUT2D eigenvalue weighted by Crippen LogP contribution is 2.31. The summed E-state index contributed by atoms with van der Waals surface area (Å²) in [5.74, 6) is 0.304. The van der Waals surface area contributed by atoms with E-state index in [1.807, 2.05) is 30.3 Å². The molecule has 0 saturated heterocycles. The molecular formula is C24H17Cl3FNO. The maximum absolute atomic E-state index is 13.5. The van der Waals surface area contributed by atoms with Crippen LogP contribution in [0.15, 0.2) is 72.8 Å². The summed E-state index contributed by atoms with van der Waals surface area (Å²) in [6, 6.07) is 22.1. The highest BCUT2D eigenvalue weighted by Gasteiger charge is 2.11. The van der Waals surface area contributed by atoms with Crippen molar-refractivity contribution >= 4 is 51.3 Å². The van der Waals surface area contributed by atoms with E-state index in [9.17, 15) is 4.39 Å². The summed E-state index contributed by atoms with van der Waals surface area (Å²) in [5, 5.41) is 6.56. The van der Waals surface area contributed by atoms with Gasteiger partial charge in [0.2, 0.25) is 0 Å². The van der Waals surface area contributed by atoms with E-state index in [4.69, 9.17) is 39.5 Å². The third-order valence-corrected chi connectivity index (χ3v) is 5.79. The molecule has 6 heteroatoms. The first-order chi connectivity index (χ1) is 14.5. The summed E-state index contributed by atoms with van der Waals surface area (Å²) in [5.41, 5.74) is 2.64. The normalized spacial score (nSPS) is 10.9. The first kappa shape index (κ1) is 20.8. The Kier molecular flexibility index (Phi) is 6.33. The molecule has 0 heterocycles. The van der Waals surface area contributed by atoms with Crippen LogP contribution in [0.25, 0.3) is 10.8 Å². The van der Waals surface area contributed by atoms with Crippen molar-refractivity contribution in [2.45, 2.75) is 13.2 Å². The number of anilines is 1. The summed E-state index contributed by atoms with van der Waals surface area (Å²) >= 11 is 18.0. The monoisotopic (exact) mass is 459 g/mol. The van der Waals surface area contributed by atoms with Gasteiger partial charge in [0, 0.05) is 17.8 Å². The van der Waals surface area contributed by atoms with E-state index < -0.39 is 5.82 Å². The minimum Gasteiger partial charge on any atom is -0.489 e. The average Bonchev–Trinajstić information content (AvgIpc) is 2.75. The van der Waals surface area contributed by atoms with Crippen LogP contribution in [-0.2, 0) is 13.2 Å². The van der Waals surface area contributed by atoms with Crippen LogP contribution in [0.3, 0.4) is 0 Å². The molecule has 0 atom stereocenters. The van der Waals surface area contributed by atoms with Gasteiger partial charge in [-0.15, -0.1) is 0 Å². The van der Waals surface area contributed by atoms with E-state index in [1.54, 1.807) is 24.3 Å². The van der Waals surface area contributed by atoms with Crippen LogP contribution < -0.4 is 10.1 Å². The van der Waals surface area contributed by atoms with Crippen molar-refractivity contribution < 1.29 is 9.13 Å². The molecule has 4 rings (SSSR count). The molecule has 2 nitrogen and oxygen atoms in total. The highest BCUT2D eigenvalue weighted by molar-refractivity contribution is 6.42. The van der Waals surface area contributed by atoms with E-state index in [2.05, 4.69) is 17.4 Å². The molecule has 0 radical (unpaired) electrons. The molecule has 0 aliphatic carbocycles. The SMILES string of the molecule is Fc1ccc(NCc2c(OCc3ccc(Cl)c(Cl)c3)ccc3ccccc23)cc1Cl. The number of ether oxygens (including phenoxy) is 1. The van der Waals surface area contributed by atoms with Gasteiger partial charge in [0.1, 0.15) is 18.2 Å². The van der Waals surface area contributed by atoms with E-state index in [0.29, 0.717) is 23.2 Å². The molecule has 0 amide bonds. The number of nitrogens with one attached hydrogen (secondary N) is 1. The Morgan fingerprint density at radius 3 is 2.43 bits per heavy atom. The first-order valence-corrected chi connectivity index (χ1v) is 10.4. The van der Waals surface area contributed by atoms with Gasteiger partial charge >= 0.3 is 0 Å². The Hall–Kier alpha value is -2.46. The Labute approximate surface area is 189 Å². The van der Waals surface area contributed by atoms with Gasteiger partial charge in [0.15, 0.2) is 0 Å². The number of hydrogen-bond acceptors (Lipinski definition) is 2. The van der Waals surface area contributed by atoms with Crippen molar-refractivity contribution in [1.82, 2.24) is 0 Å². The second-order valence-corrected chi connectivity index (χ2v) is 8.00. The van der Waals surface area contributed by atoms with Gasteiger partial charge in [-0.05, 0) is 52.7 Å². The van der Waals surface area contributed by atoms with Crippen LogP contribution in [-0.4, -0.2) is 0 Å². The molecule has 1 N–H and O–H groups in total. The third kappa shape index (κ3) is 4.65. The minimum atomic E-state index is -0.446. The van der Waals surface area contributed by atoms with Crippen molar-refractivity contribution in [2.24, 2.45) is 0 Å². The number of fused-ring (bicyclic) bond motifs is 1. The second-order valence-electron chi connectivity index (χ2n) is 6.78. The zero-order valence-electron chi connectivity index (χ0n) is 15.8. The fourth-order valence-electron chi connectivity index (χ4n) is 3.22. The van der Waals surface area contributed by atoms with Gasteiger partial charge in [-0.1, -0.05) is 71.2 Å². The standard InChI is InChI=1S/C24H17Cl3FNO/c25-20-8-5-15(11-21(20)26)14-30-24-10-6-16-3-1-2-4-18(16)19(24)13-29-17-7-9-23(28)22(27)12-17/h1-12,29H,13-14H2. The fraction of sp³-hybridized carbons (Fsp3) is 0.0833. The van der Waals surface area contributed by atoms with Crippen LogP contribution in [0.4, 0.5) is 10.1 Å². The molecule has 0 fully saturated rings. The Morgan fingerprint density at radius 2 is 1.63 bits per heavy atom. The van der Waals surface area contributed by atoms with Crippen molar-refractivity contribution in [3.63, 3.8) is 0 Å². The maximum atomic E-state index is 13.5. The molecule has 4 aromatic carbocycles. The van der Waals surface area contributed by atoms with Gasteiger partial charge in [0.25, 0.3) is 0 Å². The van der Waals surface area contributed by atoms with Crippen LogP contribution in [0, 0.1) is 5.82 Å². The summed E-state index contributed by atoms with van der Waals surface area (Å²) in [6.45, 7) is 0.838. The van der Waals surface area contributed by atoms with Crippen LogP contribution >= 0.6 is 34.8 Å². The van der Waals surface area contributed by atoms with Gasteiger partial charge in [-0.25, -0.2) is 4.39 Å². The Bertz CT molecular complexity index is 1210. The molecule has 0 aromatic heterocycles. The van der Waals surface area contributed by atoms with E-state index >= 15 is 0 Å². The van der Waals surface area contributed by atoms with Crippen molar-refractivity contribution in [2.75, 3.05) is 5.32 Å². The Balaban J connectivity index is 1.61. The molecule has 30 heavy (non-hydrogen) atoms. The van der Waals surface area contributed by atoms with Gasteiger partial charge in [0.05, 0.1) is 15.1 Å². The lowest BCUT2D eigenvalue weighted by Gasteiger charge is -2.16. The van der Waals surface area contributed by atoms with Gasteiger partial charge in [-0.2, -0.15) is 0 Å². The lowest BCUT2D eigenvalue weighted by molar-refractivity contribution is 0.304. The number of rotatable bonds is 6. The zero-order chi connectivity index (χ0) is 21.1. The first-order valence-electron chi connectivity index (χ1n) is 9.27.